The molecule has 0 atom stereocenters. The molecule has 0 bridgehead atoms. The molecule has 29 heteroatoms. The minimum atomic E-state index is -6.13. The topological polar surface area (TPSA) is 34.1 Å². The van der Waals surface area contributed by atoms with E-state index in [1.54, 1.807) is 12.1 Å². The lowest BCUT2D eigenvalue weighted by Gasteiger charge is -2.46. The van der Waals surface area contributed by atoms with Crippen molar-refractivity contribution < 1.29 is 114 Å². The molecular formula is C42H27BF24O2S2. The molecule has 390 valence electrons. The molecule has 0 fully saturated rings. The van der Waals surface area contributed by atoms with Crippen molar-refractivity contribution in [1.29, 1.82) is 0 Å². The van der Waals surface area contributed by atoms with Crippen molar-refractivity contribution in [3.63, 3.8) is 0 Å². The number of rotatable bonds is 7. The van der Waals surface area contributed by atoms with Gasteiger partial charge >= 0.3 is 49.4 Å². The number of alkyl halides is 24. The Hall–Kier alpha value is -5.22. The first-order chi connectivity index (χ1) is 31.7. The molecule has 5 rings (SSSR count). The van der Waals surface area contributed by atoms with Crippen LogP contribution in [0.15, 0.2) is 102 Å². The molecule has 5 aromatic rings. The number of hydrogen-bond acceptors (Lipinski definition) is 2. The van der Waals surface area contributed by atoms with E-state index >= 15 is 0 Å². The monoisotopic (exact) mass is 1090 g/mol. The number of halogens is 24. The van der Waals surface area contributed by atoms with Crippen molar-refractivity contribution in [2.75, 3.05) is 18.8 Å². The van der Waals surface area contributed by atoms with Crippen LogP contribution in [-0.4, -0.2) is 33.3 Å². The molecule has 0 aliphatic rings. The summed E-state index contributed by atoms with van der Waals surface area (Å²) in [6, 6.07) is -1.59. The van der Waals surface area contributed by atoms with Crippen molar-refractivity contribution in [3.8, 4) is 0 Å². The van der Waals surface area contributed by atoms with Crippen LogP contribution >= 0.6 is 0 Å². The van der Waals surface area contributed by atoms with Crippen LogP contribution < -0.4 is 21.9 Å². The zero-order chi connectivity index (χ0) is 54.7. The van der Waals surface area contributed by atoms with Crippen LogP contribution in [0.4, 0.5) is 105 Å². The molecule has 5 aromatic carbocycles. The first-order valence-electron chi connectivity index (χ1n) is 18.9. The highest BCUT2D eigenvalue weighted by atomic mass is 32.2. The summed E-state index contributed by atoms with van der Waals surface area (Å²) in [5, 5.41) is 0. The summed E-state index contributed by atoms with van der Waals surface area (Å²) in [5.74, 6) is 0.837. The summed E-state index contributed by atoms with van der Waals surface area (Å²) < 4.78 is 364. The molecule has 0 unspecified atom stereocenters. The largest absolute Gasteiger partial charge is 0.416 e. The number of benzene rings is 5. The Bertz CT molecular complexity index is 2410. The fraction of sp³-hybridized carbons (Fsp3) is 0.286. The first kappa shape index (κ1) is 58.4. The molecule has 71 heavy (non-hydrogen) atoms. The van der Waals surface area contributed by atoms with Crippen molar-refractivity contribution in [1.82, 2.24) is 0 Å². The van der Waals surface area contributed by atoms with E-state index in [4.69, 9.17) is 0 Å². The molecule has 0 saturated heterocycles. The van der Waals surface area contributed by atoms with Crippen LogP contribution in [0, 0.1) is 0 Å². The summed E-state index contributed by atoms with van der Waals surface area (Å²) in [6.07, 6.45) is -49.3. The van der Waals surface area contributed by atoms with Crippen LogP contribution in [0.5, 0.6) is 0 Å². The van der Waals surface area contributed by atoms with Gasteiger partial charge in [0, 0.05) is 11.8 Å². The Morgan fingerprint density at radius 2 is 0.563 bits per heavy atom. The van der Waals surface area contributed by atoms with Gasteiger partial charge in [-0.05, 0) is 41.2 Å². The van der Waals surface area contributed by atoms with E-state index in [9.17, 15) is 114 Å². The molecule has 0 amide bonds. The van der Waals surface area contributed by atoms with Crippen molar-refractivity contribution in [2.24, 2.45) is 0 Å². The van der Waals surface area contributed by atoms with E-state index in [0.29, 0.717) is 4.90 Å². The zero-order valence-corrected chi connectivity index (χ0v) is 36.9. The third-order valence-electron chi connectivity index (χ3n) is 10.3. The lowest BCUT2D eigenvalue weighted by atomic mass is 9.12. The molecule has 0 aliphatic heterocycles. The maximum absolute atomic E-state index is 14.2. The van der Waals surface area contributed by atoms with E-state index in [1.165, 1.54) is 6.26 Å². The normalized spacial score (nSPS) is 13.9. The van der Waals surface area contributed by atoms with E-state index in [2.05, 4.69) is 12.5 Å². The van der Waals surface area contributed by atoms with Gasteiger partial charge in [0.05, 0.1) is 61.9 Å². The van der Waals surface area contributed by atoms with Crippen molar-refractivity contribution in [2.45, 2.75) is 60.1 Å². The van der Waals surface area contributed by atoms with E-state index in [0.717, 1.165) is 11.3 Å². The number of hydrogen-bond donors (Lipinski definition) is 0. The zero-order valence-electron chi connectivity index (χ0n) is 35.2. The van der Waals surface area contributed by atoms with Gasteiger partial charge in [0.25, 0.3) is 0 Å². The Labute approximate surface area is 387 Å². The van der Waals surface area contributed by atoms with Crippen LogP contribution in [0.1, 0.15) is 50.1 Å². The first-order valence-corrected chi connectivity index (χ1v) is 23.0. The quantitative estimate of drug-likeness (QED) is 0.0925. The summed E-state index contributed by atoms with van der Waals surface area (Å²) in [7, 11) is -2.85. The maximum Gasteiger partial charge on any atom is 0.416 e. The third kappa shape index (κ3) is 13.9. The molecule has 0 saturated carbocycles. The summed E-state index contributed by atoms with van der Waals surface area (Å²) >= 11 is 0. The highest BCUT2D eigenvalue weighted by Crippen LogP contribution is 2.41. The lowest BCUT2D eigenvalue weighted by Crippen LogP contribution is -2.75. The molecule has 0 aromatic heterocycles. The Balaban J connectivity index is 0.000000671. The van der Waals surface area contributed by atoms with Gasteiger partial charge in [0.1, 0.15) is 11.9 Å². The van der Waals surface area contributed by atoms with E-state index in [1.807, 2.05) is 12.1 Å². The van der Waals surface area contributed by atoms with Gasteiger partial charge in [-0.3, -0.25) is 0 Å². The number of sulfone groups is 1. The van der Waals surface area contributed by atoms with Crippen LogP contribution in [0.2, 0.25) is 0 Å². The summed E-state index contributed by atoms with van der Waals surface area (Å²) in [6.45, 7) is 0. The van der Waals surface area contributed by atoms with Gasteiger partial charge in [0.15, 0.2) is 9.84 Å². The second-order valence-electron chi connectivity index (χ2n) is 15.7. The second kappa shape index (κ2) is 19.3. The van der Waals surface area contributed by atoms with Crippen LogP contribution in [0.3, 0.4) is 0 Å². The van der Waals surface area contributed by atoms with Crippen molar-refractivity contribution in [3.05, 3.63) is 147 Å². The average Bonchev–Trinajstić information content (AvgIpc) is 3.18. The fourth-order valence-electron chi connectivity index (χ4n) is 7.37. The molecule has 0 spiro atoms. The van der Waals surface area contributed by atoms with Crippen LogP contribution in [-0.2, 0) is 75.9 Å². The highest BCUT2D eigenvalue weighted by Gasteiger charge is 2.47. The molecule has 0 heterocycles. The maximum atomic E-state index is 14.2. The Morgan fingerprint density at radius 3 is 0.732 bits per heavy atom. The summed E-state index contributed by atoms with van der Waals surface area (Å²) in [4.78, 5) is 0.473. The molecule has 0 N–H and O–H groups in total. The Morgan fingerprint density at radius 1 is 0.366 bits per heavy atom. The van der Waals surface area contributed by atoms with Gasteiger partial charge in [-0.1, -0.05) is 66.7 Å². The molecular weight excluding hydrogens is 1070 g/mol. The second-order valence-corrected chi connectivity index (χ2v) is 20.0. The minimum absolute atomic E-state index is 0.224. The Kier molecular flexibility index (Phi) is 15.9. The smallest absolute Gasteiger partial charge is 0.224 e. The molecule has 2 nitrogen and oxygen atoms in total. The SMILES string of the molecule is C[S+](C)Cc1ccccc1S(C)(=O)=O.FC(F)(F)c1cc([B-](c2cc(C(F)(F)F)cc(C(F)(F)F)c2)(c2cc(C(F)(F)F)cc(C(F)(F)F)c2)c2cc(C(F)(F)F)cc(C(F)(F)F)c2)cc(C(F)(F)F)c1. The lowest BCUT2D eigenvalue weighted by molar-refractivity contribution is -0.144. The van der Waals surface area contributed by atoms with Crippen molar-refractivity contribution >= 4 is 48.7 Å². The van der Waals surface area contributed by atoms with Crippen LogP contribution in [0.25, 0.3) is 0 Å². The van der Waals surface area contributed by atoms with Gasteiger partial charge < -0.3 is 0 Å². The fourth-order valence-corrected chi connectivity index (χ4v) is 9.27. The van der Waals surface area contributed by atoms with Gasteiger partial charge in [-0.2, -0.15) is 127 Å². The summed E-state index contributed by atoms with van der Waals surface area (Å²) in [5.41, 5.74) is -29.3. The van der Waals surface area contributed by atoms with Gasteiger partial charge in [-0.15, -0.1) is 0 Å². The van der Waals surface area contributed by atoms with E-state index in [-0.39, 0.29) is 10.9 Å². The third-order valence-corrected chi connectivity index (χ3v) is 12.3. The predicted molar refractivity (Wildman–Crippen MR) is 213 cm³/mol. The minimum Gasteiger partial charge on any atom is -0.224 e. The molecule has 0 aliphatic carbocycles. The predicted octanol–water partition coefficient (Wildman–Crippen LogP) is 12.7. The van der Waals surface area contributed by atoms with Gasteiger partial charge in [0.2, 0.25) is 0 Å². The highest BCUT2D eigenvalue weighted by molar-refractivity contribution is 7.94. The average molecular weight is 1090 g/mol. The van der Waals surface area contributed by atoms with Gasteiger partial charge in [-0.25, -0.2) is 8.42 Å². The molecule has 0 radical (unpaired) electrons. The van der Waals surface area contributed by atoms with E-state index < -0.39 is 205 Å². The standard InChI is InChI=1S/C32H12BF24.C10H15O2S2/c34-25(35,36)13-1-14(26(37,38)39)6-21(5-13)33(22-7-15(27(40,41)42)2-16(8-22)28(43,44)45,23-9-17(29(46,47)48)3-18(10-23)30(49,50)51)24-11-19(31(52,53)54)4-20(12-24)32(55,56)57;1-13(2)8-9-6-4-5-7-10(9)14(3,11)12/h1-12H;4-7H,8H2,1-3H3/q-1;+1.